The van der Waals surface area contributed by atoms with Gasteiger partial charge in [0.15, 0.2) is 0 Å². The van der Waals surface area contributed by atoms with Crippen LogP contribution in [0.1, 0.15) is 47.2 Å². The fourth-order valence-electron chi connectivity index (χ4n) is 2.84. The predicted octanol–water partition coefficient (Wildman–Crippen LogP) is 5.25. The van der Waals surface area contributed by atoms with Gasteiger partial charge in [-0.05, 0) is 38.8 Å². The molecule has 0 aliphatic rings. The minimum atomic E-state index is 0.0492. The fraction of sp³-hybridized carbons (Fsp3) is 0.368. The highest BCUT2D eigenvalue weighted by Gasteiger charge is 2.23. The highest BCUT2D eigenvalue weighted by Crippen LogP contribution is 2.33. The first kappa shape index (κ1) is 13.9. The molecule has 0 aromatic heterocycles. The molecular weight excluding hydrogens is 228 g/mol. The normalized spacial score (nSPS) is 11.7. The summed E-state index contributed by atoms with van der Waals surface area (Å²) in [6.07, 6.45) is 0. The average Bonchev–Trinajstić information content (AvgIpc) is 2.26. The second-order valence-corrected chi connectivity index (χ2v) is 6.38. The van der Waals surface area contributed by atoms with Crippen molar-refractivity contribution in [1.29, 1.82) is 0 Å². The van der Waals surface area contributed by atoms with Crippen molar-refractivity contribution < 1.29 is 0 Å². The van der Waals surface area contributed by atoms with Crippen LogP contribution < -0.4 is 0 Å². The summed E-state index contributed by atoms with van der Waals surface area (Å²) in [5.41, 5.74) is 8.21. The molecule has 0 nitrogen and oxygen atoms in total. The van der Waals surface area contributed by atoms with Gasteiger partial charge in [-0.2, -0.15) is 0 Å². The summed E-state index contributed by atoms with van der Waals surface area (Å²) in [7, 11) is 0. The molecule has 0 radical (unpaired) electrons. The third-order valence-corrected chi connectivity index (χ3v) is 3.89. The van der Waals surface area contributed by atoms with Gasteiger partial charge >= 0.3 is 0 Å². The maximum Gasteiger partial charge on any atom is 0.0146 e. The number of hydrogen-bond acceptors (Lipinski definition) is 0. The molecular formula is C19H24. The van der Waals surface area contributed by atoms with Crippen LogP contribution in [0.2, 0.25) is 0 Å². The molecule has 0 fully saturated rings. The van der Waals surface area contributed by atoms with Gasteiger partial charge < -0.3 is 0 Å². The van der Waals surface area contributed by atoms with E-state index < -0.39 is 0 Å². The van der Waals surface area contributed by atoms with Crippen LogP contribution in [0.3, 0.4) is 0 Å². The van der Waals surface area contributed by atoms with Crippen molar-refractivity contribution in [2.24, 2.45) is 0 Å². The third kappa shape index (κ3) is 2.89. The molecule has 100 valence electrons. The van der Waals surface area contributed by atoms with E-state index in [1.165, 1.54) is 33.4 Å². The second kappa shape index (κ2) is 4.85. The Hall–Kier alpha value is -1.56. The molecule has 0 saturated heterocycles. The highest BCUT2D eigenvalue weighted by atomic mass is 14.3. The van der Waals surface area contributed by atoms with Gasteiger partial charge in [0.1, 0.15) is 0 Å². The van der Waals surface area contributed by atoms with Gasteiger partial charge in [0.2, 0.25) is 0 Å². The summed E-state index contributed by atoms with van der Waals surface area (Å²) < 4.78 is 0. The van der Waals surface area contributed by atoms with Crippen molar-refractivity contribution in [3.05, 3.63) is 69.8 Å². The lowest BCUT2D eigenvalue weighted by atomic mass is 9.76. The van der Waals surface area contributed by atoms with Crippen LogP contribution >= 0.6 is 0 Å². The van der Waals surface area contributed by atoms with E-state index in [0.29, 0.717) is 0 Å². The Morgan fingerprint density at radius 2 is 0.789 bits per heavy atom. The Kier molecular flexibility index (Phi) is 3.54. The molecule has 0 amide bonds. The van der Waals surface area contributed by atoms with E-state index in [9.17, 15) is 0 Å². The average molecular weight is 252 g/mol. The number of aryl methyl sites for hydroxylation is 4. The Morgan fingerprint density at radius 1 is 0.526 bits per heavy atom. The van der Waals surface area contributed by atoms with Crippen molar-refractivity contribution in [2.75, 3.05) is 0 Å². The van der Waals surface area contributed by atoms with Crippen LogP contribution in [0, 0.1) is 27.7 Å². The van der Waals surface area contributed by atoms with E-state index in [2.05, 4.69) is 77.9 Å². The standard InChI is InChI=1S/C19H24/c1-13-7-14(2)10-17(9-13)19(5,6)18-11-15(3)8-16(4)12-18/h7-12H,1-6H3. The molecule has 0 N–H and O–H groups in total. The Labute approximate surface area is 117 Å². The SMILES string of the molecule is Cc1cc(C)cc(C(C)(C)c2cc(C)cc(C)c2)c1. The van der Waals surface area contributed by atoms with Gasteiger partial charge in [-0.1, -0.05) is 72.5 Å². The monoisotopic (exact) mass is 252 g/mol. The topological polar surface area (TPSA) is 0 Å². The van der Waals surface area contributed by atoms with Crippen LogP contribution in [0.25, 0.3) is 0 Å². The van der Waals surface area contributed by atoms with Crippen LogP contribution in [-0.2, 0) is 5.41 Å². The smallest absolute Gasteiger partial charge is 0.0146 e. The summed E-state index contributed by atoms with van der Waals surface area (Å²) in [5, 5.41) is 0. The van der Waals surface area contributed by atoms with Gasteiger partial charge in [-0.3, -0.25) is 0 Å². The number of benzene rings is 2. The van der Waals surface area contributed by atoms with Crippen molar-refractivity contribution in [3.63, 3.8) is 0 Å². The minimum absolute atomic E-state index is 0.0492. The Morgan fingerprint density at radius 3 is 1.05 bits per heavy atom. The largest absolute Gasteiger partial charge is 0.0564 e. The van der Waals surface area contributed by atoms with Gasteiger partial charge in [0.25, 0.3) is 0 Å². The molecule has 0 unspecified atom stereocenters. The summed E-state index contributed by atoms with van der Waals surface area (Å²) in [5.74, 6) is 0. The fourth-order valence-corrected chi connectivity index (χ4v) is 2.84. The van der Waals surface area contributed by atoms with Gasteiger partial charge in [0, 0.05) is 5.41 Å². The maximum atomic E-state index is 2.31. The van der Waals surface area contributed by atoms with Crippen molar-refractivity contribution in [3.8, 4) is 0 Å². The molecule has 0 heteroatoms. The zero-order valence-electron chi connectivity index (χ0n) is 13.0. The first-order valence-electron chi connectivity index (χ1n) is 6.96. The lowest BCUT2D eigenvalue weighted by molar-refractivity contribution is 0.638. The van der Waals surface area contributed by atoms with Crippen molar-refractivity contribution in [1.82, 2.24) is 0 Å². The zero-order valence-corrected chi connectivity index (χ0v) is 13.0. The summed E-state index contributed by atoms with van der Waals surface area (Å²) in [6.45, 7) is 13.3. The van der Waals surface area contributed by atoms with Gasteiger partial charge in [0.05, 0.1) is 0 Å². The van der Waals surface area contributed by atoms with Crippen LogP contribution in [-0.4, -0.2) is 0 Å². The number of rotatable bonds is 2. The van der Waals surface area contributed by atoms with E-state index in [-0.39, 0.29) is 5.41 Å². The van der Waals surface area contributed by atoms with E-state index in [0.717, 1.165) is 0 Å². The molecule has 2 aromatic carbocycles. The molecule has 0 spiro atoms. The summed E-state index contributed by atoms with van der Waals surface area (Å²) in [6, 6.07) is 13.7. The van der Waals surface area contributed by atoms with E-state index in [1.807, 2.05) is 0 Å². The van der Waals surface area contributed by atoms with Crippen LogP contribution in [0.4, 0.5) is 0 Å². The predicted molar refractivity (Wildman–Crippen MR) is 84.0 cm³/mol. The second-order valence-electron chi connectivity index (χ2n) is 6.38. The molecule has 2 aromatic rings. The molecule has 19 heavy (non-hydrogen) atoms. The van der Waals surface area contributed by atoms with Crippen molar-refractivity contribution in [2.45, 2.75) is 47.0 Å². The molecule has 0 aliphatic heterocycles. The molecule has 0 saturated carbocycles. The quantitative estimate of drug-likeness (QED) is 0.685. The minimum Gasteiger partial charge on any atom is -0.0564 e. The first-order chi connectivity index (χ1) is 8.79. The van der Waals surface area contributed by atoms with E-state index in [4.69, 9.17) is 0 Å². The highest BCUT2D eigenvalue weighted by molar-refractivity contribution is 5.43. The summed E-state index contributed by atoms with van der Waals surface area (Å²) in [4.78, 5) is 0. The van der Waals surface area contributed by atoms with Crippen LogP contribution in [0.15, 0.2) is 36.4 Å². The van der Waals surface area contributed by atoms with Crippen molar-refractivity contribution >= 4 is 0 Å². The summed E-state index contributed by atoms with van der Waals surface area (Å²) >= 11 is 0. The zero-order chi connectivity index (χ0) is 14.2. The maximum absolute atomic E-state index is 2.31. The van der Waals surface area contributed by atoms with E-state index >= 15 is 0 Å². The van der Waals surface area contributed by atoms with Gasteiger partial charge in [-0.15, -0.1) is 0 Å². The lowest BCUT2D eigenvalue weighted by Crippen LogP contribution is -2.19. The molecule has 0 bridgehead atoms. The molecule has 2 rings (SSSR count). The van der Waals surface area contributed by atoms with E-state index in [1.54, 1.807) is 0 Å². The van der Waals surface area contributed by atoms with Gasteiger partial charge in [-0.25, -0.2) is 0 Å². The number of hydrogen-bond donors (Lipinski definition) is 0. The first-order valence-corrected chi connectivity index (χ1v) is 6.96. The Bertz CT molecular complexity index is 509. The van der Waals surface area contributed by atoms with Crippen LogP contribution in [0.5, 0.6) is 0 Å². The third-order valence-electron chi connectivity index (χ3n) is 3.89. The Balaban J connectivity index is 2.57. The lowest BCUT2D eigenvalue weighted by Gasteiger charge is -2.28. The molecule has 0 atom stereocenters. The molecule has 0 heterocycles. The molecule has 0 aliphatic carbocycles.